The van der Waals surface area contributed by atoms with Crippen LogP contribution in [0.3, 0.4) is 0 Å². The van der Waals surface area contributed by atoms with Crippen LogP contribution in [0.15, 0.2) is 24.3 Å². The monoisotopic (exact) mass is 371 g/mol. The third-order valence-electron chi connectivity index (χ3n) is 5.87. The van der Waals surface area contributed by atoms with Crippen LogP contribution in [-0.2, 0) is 37.6 Å². The van der Waals surface area contributed by atoms with Gasteiger partial charge in [0.05, 0.1) is 18.7 Å². The first kappa shape index (κ1) is 17.6. The highest BCUT2D eigenvalue weighted by atomic mass is 35.5. The number of hydrogen-bond acceptors (Lipinski definition) is 2. The average molecular weight is 372 g/mol. The van der Waals surface area contributed by atoms with E-state index in [-0.39, 0.29) is 5.91 Å². The Balaban J connectivity index is 1.55. The molecule has 0 N–H and O–H groups in total. The number of benzene rings is 1. The molecule has 0 saturated heterocycles. The van der Waals surface area contributed by atoms with E-state index in [4.69, 9.17) is 16.7 Å². The summed E-state index contributed by atoms with van der Waals surface area (Å²) in [5.41, 5.74) is 4.87. The van der Waals surface area contributed by atoms with E-state index < -0.39 is 0 Å². The van der Waals surface area contributed by atoms with Crippen molar-refractivity contribution in [3.05, 3.63) is 51.8 Å². The van der Waals surface area contributed by atoms with E-state index in [2.05, 4.69) is 4.90 Å². The summed E-state index contributed by atoms with van der Waals surface area (Å²) in [5, 5.41) is 5.46. The van der Waals surface area contributed by atoms with Crippen LogP contribution < -0.4 is 0 Å². The Kier molecular flexibility index (Phi) is 5.03. The minimum Gasteiger partial charge on any atom is -0.333 e. The van der Waals surface area contributed by atoms with Crippen LogP contribution in [0.2, 0.25) is 5.02 Å². The standard InChI is InChI=1S/C21H26ClN3O/c1-24-20-8-4-7-18(20)19(23-24)14-25(17-5-2-3-6-17)21(26)13-15-9-11-16(22)12-10-15/h9-12,17H,2-8,13-14H2,1H3. The third kappa shape index (κ3) is 3.52. The van der Waals surface area contributed by atoms with Gasteiger partial charge in [0.25, 0.3) is 0 Å². The molecule has 1 fully saturated rings. The van der Waals surface area contributed by atoms with E-state index in [1.54, 1.807) is 0 Å². The number of aryl methyl sites for hydroxylation is 1. The van der Waals surface area contributed by atoms with Crippen molar-refractivity contribution in [3.8, 4) is 0 Å². The Hall–Kier alpha value is -1.81. The van der Waals surface area contributed by atoms with Gasteiger partial charge in [0, 0.05) is 23.8 Å². The first-order chi connectivity index (χ1) is 12.6. The molecule has 2 aliphatic rings. The predicted molar refractivity (Wildman–Crippen MR) is 103 cm³/mol. The SMILES string of the molecule is Cn1nc(CN(C(=O)Cc2ccc(Cl)cc2)C2CCCC2)c2c1CCC2. The second-order valence-corrected chi connectivity index (χ2v) is 8.05. The smallest absolute Gasteiger partial charge is 0.227 e. The molecule has 138 valence electrons. The highest BCUT2D eigenvalue weighted by Crippen LogP contribution is 2.29. The molecule has 1 saturated carbocycles. The summed E-state index contributed by atoms with van der Waals surface area (Å²) in [7, 11) is 2.03. The lowest BCUT2D eigenvalue weighted by molar-refractivity contribution is -0.133. The van der Waals surface area contributed by atoms with Crippen molar-refractivity contribution in [1.82, 2.24) is 14.7 Å². The number of rotatable bonds is 5. The molecule has 0 spiro atoms. The first-order valence-corrected chi connectivity index (χ1v) is 10.1. The maximum atomic E-state index is 13.2. The molecular formula is C21H26ClN3O. The van der Waals surface area contributed by atoms with Gasteiger partial charge >= 0.3 is 0 Å². The number of fused-ring (bicyclic) bond motifs is 1. The quantitative estimate of drug-likeness (QED) is 0.794. The van der Waals surface area contributed by atoms with Crippen LogP contribution in [0.4, 0.5) is 0 Å². The number of aromatic nitrogens is 2. The Labute approximate surface area is 160 Å². The van der Waals surface area contributed by atoms with E-state index in [1.165, 1.54) is 30.5 Å². The van der Waals surface area contributed by atoms with Gasteiger partial charge in [-0.05, 0) is 55.4 Å². The minimum absolute atomic E-state index is 0.205. The van der Waals surface area contributed by atoms with Gasteiger partial charge in [-0.25, -0.2) is 0 Å². The van der Waals surface area contributed by atoms with Crippen molar-refractivity contribution in [1.29, 1.82) is 0 Å². The molecule has 4 rings (SSSR count). The average Bonchev–Trinajstić information content (AvgIpc) is 3.35. The van der Waals surface area contributed by atoms with E-state index >= 15 is 0 Å². The molecule has 1 heterocycles. The number of carbonyl (C=O) groups is 1. The molecule has 4 nitrogen and oxygen atoms in total. The topological polar surface area (TPSA) is 38.1 Å². The lowest BCUT2D eigenvalue weighted by atomic mass is 10.1. The van der Waals surface area contributed by atoms with Crippen LogP contribution >= 0.6 is 11.6 Å². The fourth-order valence-electron chi connectivity index (χ4n) is 4.50. The number of nitrogens with zero attached hydrogens (tertiary/aromatic N) is 3. The van der Waals surface area contributed by atoms with Crippen molar-refractivity contribution in [2.45, 2.75) is 64.0 Å². The summed E-state index contributed by atoms with van der Waals surface area (Å²) in [6.07, 6.45) is 8.51. The Bertz CT molecular complexity index is 790. The summed E-state index contributed by atoms with van der Waals surface area (Å²) in [6, 6.07) is 7.97. The molecular weight excluding hydrogens is 346 g/mol. The predicted octanol–water partition coefficient (Wildman–Crippen LogP) is 4.08. The van der Waals surface area contributed by atoms with Gasteiger partial charge in [-0.2, -0.15) is 5.10 Å². The van der Waals surface area contributed by atoms with Crippen LogP contribution in [-0.4, -0.2) is 26.6 Å². The molecule has 0 atom stereocenters. The molecule has 1 aromatic heterocycles. The molecule has 1 aromatic carbocycles. The highest BCUT2D eigenvalue weighted by Gasteiger charge is 2.30. The van der Waals surface area contributed by atoms with Crippen molar-refractivity contribution >= 4 is 17.5 Å². The number of halogens is 1. The Morgan fingerprint density at radius 1 is 1.19 bits per heavy atom. The van der Waals surface area contributed by atoms with Crippen LogP contribution in [0.5, 0.6) is 0 Å². The fourth-order valence-corrected chi connectivity index (χ4v) is 4.63. The summed E-state index contributed by atoms with van der Waals surface area (Å²) in [5.74, 6) is 0.205. The molecule has 2 aromatic rings. The number of hydrogen-bond donors (Lipinski definition) is 0. The van der Waals surface area contributed by atoms with Gasteiger partial charge in [-0.1, -0.05) is 36.6 Å². The fraction of sp³-hybridized carbons (Fsp3) is 0.524. The van der Waals surface area contributed by atoms with Crippen LogP contribution in [0.1, 0.15) is 54.6 Å². The van der Waals surface area contributed by atoms with Gasteiger partial charge in [0.2, 0.25) is 5.91 Å². The maximum Gasteiger partial charge on any atom is 0.227 e. The number of carbonyl (C=O) groups excluding carboxylic acids is 1. The van der Waals surface area contributed by atoms with Gasteiger partial charge in [-0.3, -0.25) is 9.48 Å². The Morgan fingerprint density at radius 2 is 1.92 bits per heavy atom. The zero-order chi connectivity index (χ0) is 18.1. The zero-order valence-corrected chi connectivity index (χ0v) is 16.1. The summed E-state index contributed by atoms with van der Waals surface area (Å²) in [4.78, 5) is 15.3. The van der Waals surface area contributed by atoms with Crippen molar-refractivity contribution in [3.63, 3.8) is 0 Å². The normalized spacial score (nSPS) is 16.8. The number of amides is 1. The summed E-state index contributed by atoms with van der Waals surface area (Å²) < 4.78 is 2.02. The minimum atomic E-state index is 0.205. The third-order valence-corrected chi connectivity index (χ3v) is 6.12. The van der Waals surface area contributed by atoms with Crippen molar-refractivity contribution in [2.24, 2.45) is 7.05 Å². The highest BCUT2D eigenvalue weighted by molar-refractivity contribution is 6.30. The molecule has 0 unspecified atom stereocenters. The first-order valence-electron chi connectivity index (χ1n) is 9.69. The van der Waals surface area contributed by atoms with Crippen LogP contribution in [0, 0.1) is 0 Å². The molecule has 2 aliphatic carbocycles. The van der Waals surface area contributed by atoms with E-state index in [9.17, 15) is 4.79 Å². The molecule has 5 heteroatoms. The van der Waals surface area contributed by atoms with E-state index in [0.29, 0.717) is 24.0 Å². The lowest BCUT2D eigenvalue weighted by Crippen LogP contribution is -2.39. The second kappa shape index (κ2) is 7.43. The van der Waals surface area contributed by atoms with Gasteiger partial charge < -0.3 is 4.90 Å². The molecule has 1 amide bonds. The van der Waals surface area contributed by atoms with Gasteiger partial charge in [0.15, 0.2) is 0 Å². The van der Waals surface area contributed by atoms with Crippen LogP contribution in [0.25, 0.3) is 0 Å². The van der Waals surface area contributed by atoms with Crippen molar-refractivity contribution in [2.75, 3.05) is 0 Å². The lowest BCUT2D eigenvalue weighted by Gasteiger charge is -2.29. The molecule has 0 aliphatic heterocycles. The molecule has 0 bridgehead atoms. The zero-order valence-electron chi connectivity index (χ0n) is 15.4. The van der Waals surface area contributed by atoms with Crippen molar-refractivity contribution < 1.29 is 4.79 Å². The maximum absolute atomic E-state index is 13.2. The molecule has 26 heavy (non-hydrogen) atoms. The molecule has 0 radical (unpaired) electrons. The van der Waals surface area contributed by atoms with Gasteiger partial charge in [0.1, 0.15) is 0 Å². The summed E-state index contributed by atoms with van der Waals surface area (Å²) >= 11 is 5.97. The Morgan fingerprint density at radius 3 is 2.65 bits per heavy atom. The van der Waals surface area contributed by atoms with E-state index in [1.807, 2.05) is 36.0 Å². The van der Waals surface area contributed by atoms with E-state index in [0.717, 1.165) is 36.9 Å². The second-order valence-electron chi connectivity index (χ2n) is 7.61. The largest absolute Gasteiger partial charge is 0.333 e. The summed E-state index contributed by atoms with van der Waals surface area (Å²) in [6.45, 7) is 0.653. The van der Waals surface area contributed by atoms with Gasteiger partial charge in [-0.15, -0.1) is 0 Å².